The third kappa shape index (κ3) is 2.18. The molecule has 0 radical (unpaired) electrons. The number of aryl methyl sites for hydroxylation is 1. The summed E-state index contributed by atoms with van der Waals surface area (Å²) in [5, 5.41) is 1.02. The van der Waals surface area contributed by atoms with Crippen LogP contribution in [0, 0.1) is 19.7 Å². The van der Waals surface area contributed by atoms with Gasteiger partial charge in [0.1, 0.15) is 5.82 Å². The van der Waals surface area contributed by atoms with Crippen LogP contribution in [-0.4, -0.2) is 4.98 Å². The molecule has 4 N–H and O–H groups in total. The predicted octanol–water partition coefficient (Wildman–Crippen LogP) is 3.82. The number of rotatable bonds is 1. The van der Waals surface area contributed by atoms with Gasteiger partial charge in [-0.25, -0.2) is 9.37 Å². The van der Waals surface area contributed by atoms with E-state index >= 15 is 0 Å². The molecule has 1 heterocycles. The Bertz CT molecular complexity index is 856. The van der Waals surface area contributed by atoms with E-state index in [0.717, 1.165) is 33.3 Å². The molecule has 1 aromatic heterocycles. The summed E-state index contributed by atoms with van der Waals surface area (Å²) in [6, 6.07) is 10.4. The van der Waals surface area contributed by atoms with Gasteiger partial charge in [0.25, 0.3) is 0 Å². The Hall–Kier alpha value is -2.62. The molecule has 3 rings (SSSR count). The first-order chi connectivity index (χ1) is 9.97. The van der Waals surface area contributed by atoms with Gasteiger partial charge in [0, 0.05) is 16.6 Å². The minimum atomic E-state index is -0.427. The van der Waals surface area contributed by atoms with Gasteiger partial charge in [-0.1, -0.05) is 6.07 Å². The first kappa shape index (κ1) is 13.4. The Balaban J connectivity index is 2.30. The summed E-state index contributed by atoms with van der Waals surface area (Å²) < 4.78 is 13.7. The molecule has 0 amide bonds. The molecular weight excluding hydrogens is 265 g/mol. The van der Waals surface area contributed by atoms with Gasteiger partial charge in [-0.2, -0.15) is 0 Å². The third-order valence-corrected chi connectivity index (χ3v) is 3.85. The van der Waals surface area contributed by atoms with Crippen molar-refractivity contribution < 1.29 is 4.39 Å². The number of nitrogens with zero attached hydrogens (tertiary/aromatic N) is 1. The molecule has 106 valence electrons. The van der Waals surface area contributed by atoms with Gasteiger partial charge < -0.3 is 11.5 Å². The monoisotopic (exact) mass is 281 g/mol. The number of hydrogen-bond donors (Lipinski definition) is 2. The molecule has 21 heavy (non-hydrogen) atoms. The van der Waals surface area contributed by atoms with Crippen molar-refractivity contribution in [3.8, 4) is 11.3 Å². The molecule has 3 nitrogen and oxygen atoms in total. The number of anilines is 2. The van der Waals surface area contributed by atoms with Crippen molar-refractivity contribution >= 4 is 22.3 Å². The number of halogens is 1. The van der Waals surface area contributed by atoms with Crippen LogP contribution >= 0.6 is 0 Å². The van der Waals surface area contributed by atoms with Gasteiger partial charge >= 0.3 is 0 Å². The van der Waals surface area contributed by atoms with E-state index in [1.54, 1.807) is 12.1 Å². The highest BCUT2D eigenvalue weighted by molar-refractivity contribution is 5.89. The second-order valence-electron chi connectivity index (χ2n) is 5.22. The Kier molecular flexibility index (Phi) is 3.01. The van der Waals surface area contributed by atoms with E-state index < -0.39 is 5.82 Å². The van der Waals surface area contributed by atoms with E-state index in [0.29, 0.717) is 5.69 Å². The second-order valence-corrected chi connectivity index (χ2v) is 5.22. The molecule has 0 aliphatic carbocycles. The average Bonchev–Trinajstić information content (AvgIpc) is 2.46. The maximum Gasteiger partial charge on any atom is 0.146 e. The van der Waals surface area contributed by atoms with E-state index in [1.165, 1.54) is 6.07 Å². The normalized spacial score (nSPS) is 11.0. The lowest BCUT2D eigenvalue weighted by Gasteiger charge is -2.12. The molecule has 0 atom stereocenters. The Morgan fingerprint density at radius 3 is 2.43 bits per heavy atom. The Labute approximate surface area is 122 Å². The van der Waals surface area contributed by atoms with Gasteiger partial charge in [-0.05, 0) is 55.3 Å². The highest BCUT2D eigenvalue weighted by atomic mass is 19.1. The van der Waals surface area contributed by atoms with Crippen LogP contribution in [0.5, 0.6) is 0 Å². The quantitative estimate of drug-likeness (QED) is 0.666. The molecular formula is C17H16FN3. The molecule has 0 aliphatic rings. The number of fused-ring (bicyclic) bond motifs is 1. The fraction of sp³-hybridized carbons (Fsp3) is 0.118. The minimum Gasteiger partial charge on any atom is -0.399 e. The van der Waals surface area contributed by atoms with Gasteiger partial charge in [0.2, 0.25) is 0 Å². The molecule has 3 aromatic rings. The standard InChI is InChI=1S/C17H16FN3/c1-9-10(2)17(11-3-5-15(20)14(18)7-11)21-16-6-4-12(19)8-13(9)16/h3-8H,19-20H2,1-2H3. The number of nitrogens with two attached hydrogens (primary N) is 2. The van der Waals surface area contributed by atoms with E-state index in [1.807, 2.05) is 32.0 Å². The van der Waals surface area contributed by atoms with Crippen LogP contribution < -0.4 is 11.5 Å². The lowest BCUT2D eigenvalue weighted by Crippen LogP contribution is -1.97. The fourth-order valence-corrected chi connectivity index (χ4v) is 2.49. The van der Waals surface area contributed by atoms with Gasteiger partial charge in [-0.3, -0.25) is 0 Å². The minimum absolute atomic E-state index is 0.140. The third-order valence-electron chi connectivity index (χ3n) is 3.85. The summed E-state index contributed by atoms with van der Waals surface area (Å²) in [6.45, 7) is 4.00. The van der Waals surface area contributed by atoms with Crippen molar-refractivity contribution in [3.05, 3.63) is 53.3 Å². The highest BCUT2D eigenvalue weighted by Gasteiger charge is 2.12. The SMILES string of the molecule is Cc1c(-c2ccc(N)c(F)c2)nc2ccc(N)cc2c1C. The van der Waals surface area contributed by atoms with Crippen LogP contribution in [0.25, 0.3) is 22.2 Å². The van der Waals surface area contributed by atoms with Crippen LogP contribution in [-0.2, 0) is 0 Å². The summed E-state index contributed by atoms with van der Waals surface area (Å²) in [5.74, 6) is -0.427. The van der Waals surface area contributed by atoms with Crippen LogP contribution in [0.1, 0.15) is 11.1 Å². The van der Waals surface area contributed by atoms with Crippen molar-refractivity contribution in [1.29, 1.82) is 0 Å². The first-order valence-corrected chi connectivity index (χ1v) is 6.69. The lowest BCUT2D eigenvalue weighted by molar-refractivity contribution is 0.633. The number of hydrogen-bond acceptors (Lipinski definition) is 3. The van der Waals surface area contributed by atoms with Gasteiger partial charge in [-0.15, -0.1) is 0 Å². The van der Waals surface area contributed by atoms with E-state index in [-0.39, 0.29) is 5.69 Å². The largest absolute Gasteiger partial charge is 0.399 e. The summed E-state index contributed by atoms with van der Waals surface area (Å²) in [5.41, 5.74) is 16.7. The van der Waals surface area contributed by atoms with Gasteiger partial charge in [0.05, 0.1) is 16.9 Å². The first-order valence-electron chi connectivity index (χ1n) is 6.69. The highest BCUT2D eigenvalue weighted by Crippen LogP contribution is 2.31. The maximum atomic E-state index is 13.7. The predicted molar refractivity (Wildman–Crippen MR) is 85.4 cm³/mol. The zero-order chi connectivity index (χ0) is 15.1. The smallest absolute Gasteiger partial charge is 0.146 e. The average molecular weight is 281 g/mol. The van der Waals surface area contributed by atoms with Crippen LogP contribution in [0.2, 0.25) is 0 Å². The zero-order valence-electron chi connectivity index (χ0n) is 11.9. The number of benzene rings is 2. The molecule has 4 heteroatoms. The Morgan fingerprint density at radius 2 is 1.71 bits per heavy atom. The number of aromatic nitrogens is 1. The topological polar surface area (TPSA) is 64.9 Å². The van der Waals surface area contributed by atoms with Crippen LogP contribution in [0.15, 0.2) is 36.4 Å². The molecule has 0 spiro atoms. The zero-order valence-corrected chi connectivity index (χ0v) is 11.9. The summed E-state index contributed by atoms with van der Waals surface area (Å²) in [6.07, 6.45) is 0. The molecule has 0 unspecified atom stereocenters. The Morgan fingerprint density at radius 1 is 0.952 bits per heavy atom. The molecule has 0 saturated carbocycles. The summed E-state index contributed by atoms with van der Waals surface area (Å²) in [7, 11) is 0. The van der Waals surface area contributed by atoms with Crippen LogP contribution in [0.4, 0.5) is 15.8 Å². The molecule has 2 aromatic carbocycles. The lowest BCUT2D eigenvalue weighted by atomic mass is 9.98. The van der Waals surface area contributed by atoms with Gasteiger partial charge in [0.15, 0.2) is 0 Å². The maximum absolute atomic E-state index is 13.7. The fourth-order valence-electron chi connectivity index (χ4n) is 2.49. The molecule has 0 saturated heterocycles. The van der Waals surface area contributed by atoms with E-state index in [9.17, 15) is 4.39 Å². The number of pyridine rings is 1. The van der Waals surface area contributed by atoms with E-state index in [2.05, 4.69) is 4.98 Å². The van der Waals surface area contributed by atoms with Crippen molar-refractivity contribution in [1.82, 2.24) is 4.98 Å². The summed E-state index contributed by atoms with van der Waals surface area (Å²) >= 11 is 0. The second kappa shape index (κ2) is 4.74. The molecule has 0 fully saturated rings. The molecule has 0 aliphatic heterocycles. The van der Waals surface area contributed by atoms with E-state index in [4.69, 9.17) is 11.5 Å². The summed E-state index contributed by atoms with van der Waals surface area (Å²) in [4.78, 5) is 4.65. The van der Waals surface area contributed by atoms with Crippen molar-refractivity contribution in [2.75, 3.05) is 11.5 Å². The van der Waals surface area contributed by atoms with Crippen molar-refractivity contribution in [2.45, 2.75) is 13.8 Å². The van der Waals surface area contributed by atoms with Crippen molar-refractivity contribution in [3.63, 3.8) is 0 Å². The van der Waals surface area contributed by atoms with Crippen LogP contribution in [0.3, 0.4) is 0 Å². The number of nitrogen functional groups attached to an aromatic ring is 2. The van der Waals surface area contributed by atoms with Crippen molar-refractivity contribution in [2.24, 2.45) is 0 Å². The molecule has 0 bridgehead atoms.